The second-order valence-electron chi connectivity index (χ2n) is 10.9. The van der Waals surface area contributed by atoms with E-state index in [1.807, 2.05) is 20.8 Å². The summed E-state index contributed by atoms with van der Waals surface area (Å²) in [5, 5.41) is 19.0. The van der Waals surface area contributed by atoms with Crippen LogP contribution in [0.2, 0.25) is 0 Å². The summed E-state index contributed by atoms with van der Waals surface area (Å²) in [5.41, 5.74) is 0. The van der Waals surface area contributed by atoms with Crippen molar-refractivity contribution in [3.63, 3.8) is 0 Å². The highest BCUT2D eigenvalue weighted by atomic mass is 16.6. The Labute approximate surface area is 240 Å². The molecule has 7 nitrogen and oxygen atoms in total. The molecule has 5 fully saturated rings. The summed E-state index contributed by atoms with van der Waals surface area (Å²) in [6.45, 7) is 8.13. The second kappa shape index (κ2) is 16.7. The summed E-state index contributed by atoms with van der Waals surface area (Å²) in [6, 6.07) is 0. The van der Waals surface area contributed by atoms with Gasteiger partial charge in [0, 0.05) is 6.61 Å². The average molecular weight is 561 g/mol. The number of rotatable bonds is 6. The third-order valence-electron chi connectivity index (χ3n) is 9.86. The Kier molecular flexibility index (Phi) is 18.0. The summed E-state index contributed by atoms with van der Waals surface area (Å²) in [4.78, 5) is 37.4. The number of aliphatic hydroxyl groups is 2. The van der Waals surface area contributed by atoms with Gasteiger partial charge in [-0.25, -0.2) is 0 Å². The Morgan fingerprint density at radius 2 is 1.38 bits per heavy atom. The standard InChI is InChI=1S/C24H34O7.C2H6.6CH4/c1-10-15-6-13(8-17(15)23(28)30-4-3-25)18(10)21-16-7-12(5-14(16)9-26)20(21)19-11(2)22(27)31-24(19)29;1-2;;;;;;/h10-21,25-26H,3-9H2,1-2H3;1-2H3;6*1H4. The smallest absolute Gasteiger partial charge is 0.317 e. The molecule has 0 aromatic rings. The van der Waals surface area contributed by atoms with Crippen LogP contribution in [0.25, 0.3) is 0 Å². The van der Waals surface area contributed by atoms with Gasteiger partial charge in [0.1, 0.15) is 6.61 Å². The summed E-state index contributed by atoms with van der Waals surface area (Å²) in [6.07, 6.45) is 3.75. The molecule has 4 aliphatic carbocycles. The lowest BCUT2D eigenvalue weighted by Gasteiger charge is -2.46. The van der Waals surface area contributed by atoms with E-state index >= 15 is 0 Å². The zero-order valence-electron chi connectivity index (χ0n) is 20.3. The second-order valence-corrected chi connectivity index (χ2v) is 10.9. The van der Waals surface area contributed by atoms with E-state index in [4.69, 9.17) is 14.6 Å². The van der Waals surface area contributed by atoms with Gasteiger partial charge in [-0.05, 0) is 78.9 Å². The lowest BCUT2D eigenvalue weighted by atomic mass is 9.57. The minimum absolute atomic E-state index is 0. The zero-order valence-corrected chi connectivity index (χ0v) is 20.3. The Morgan fingerprint density at radius 3 is 1.87 bits per heavy atom. The van der Waals surface area contributed by atoms with Crippen LogP contribution in [-0.4, -0.2) is 47.9 Å². The molecule has 1 saturated heterocycles. The molecule has 7 heteroatoms. The van der Waals surface area contributed by atoms with Gasteiger partial charge in [0.05, 0.1) is 24.4 Å². The molecule has 4 bridgehead atoms. The van der Waals surface area contributed by atoms with Crippen molar-refractivity contribution < 1.29 is 34.1 Å². The first-order valence-electron chi connectivity index (χ1n) is 13.0. The van der Waals surface area contributed by atoms with Crippen molar-refractivity contribution in [2.75, 3.05) is 19.8 Å². The molecule has 5 aliphatic rings. The summed E-state index contributed by atoms with van der Waals surface area (Å²) < 4.78 is 10.3. The maximum atomic E-state index is 12.7. The minimum atomic E-state index is -0.401. The lowest BCUT2D eigenvalue weighted by Crippen LogP contribution is -2.45. The molecular weight excluding hydrogens is 496 g/mol. The highest BCUT2D eigenvalue weighted by Crippen LogP contribution is 2.68. The number of carbonyl (C=O) groups is 3. The molecule has 2 N–H and O–H groups in total. The molecule has 5 rings (SSSR count). The number of ether oxygens (including phenoxy) is 2. The highest BCUT2D eigenvalue weighted by Gasteiger charge is 2.65. The summed E-state index contributed by atoms with van der Waals surface area (Å²) in [7, 11) is 0. The van der Waals surface area contributed by atoms with Crippen LogP contribution in [-0.2, 0) is 23.9 Å². The van der Waals surface area contributed by atoms with Crippen molar-refractivity contribution in [3.05, 3.63) is 0 Å². The topological polar surface area (TPSA) is 110 Å². The molecule has 12 unspecified atom stereocenters. The summed E-state index contributed by atoms with van der Waals surface area (Å²) in [5.74, 6) is 1.00. The monoisotopic (exact) mass is 560 g/mol. The van der Waals surface area contributed by atoms with Gasteiger partial charge in [-0.1, -0.05) is 72.3 Å². The van der Waals surface area contributed by atoms with Gasteiger partial charge in [0.2, 0.25) is 0 Å². The molecule has 1 aliphatic heterocycles. The number of hydrogen-bond acceptors (Lipinski definition) is 7. The van der Waals surface area contributed by atoms with E-state index in [0.29, 0.717) is 35.5 Å². The van der Waals surface area contributed by atoms with Crippen LogP contribution in [0.5, 0.6) is 0 Å². The van der Waals surface area contributed by atoms with Crippen LogP contribution in [0.1, 0.15) is 97.9 Å². The van der Waals surface area contributed by atoms with Crippen molar-refractivity contribution in [3.8, 4) is 0 Å². The number of cyclic esters (lactones) is 2. The first-order chi connectivity index (χ1) is 15.9. The van der Waals surface area contributed by atoms with Crippen LogP contribution in [0.4, 0.5) is 0 Å². The number of hydrogen-bond donors (Lipinski definition) is 2. The van der Waals surface area contributed by atoms with Gasteiger partial charge in [-0.15, -0.1) is 0 Å². The predicted molar refractivity (Wildman–Crippen MR) is 160 cm³/mol. The number of aliphatic hydroxyl groups excluding tert-OH is 2. The van der Waals surface area contributed by atoms with Crippen molar-refractivity contribution >= 4 is 17.9 Å². The fraction of sp³-hybridized carbons (Fsp3) is 0.906. The van der Waals surface area contributed by atoms with Crippen molar-refractivity contribution in [1.29, 1.82) is 0 Å². The van der Waals surface area contributed by atoms with Crippen LogP contribution < -0.4 is 0 Å². The largest absolute Gasteiger partial charge is 0.463 e. The SMILES string of the molecule is C.C.C.C.C.C.CC.CC1C(=O)OC(=O)C1C1C2CC(CO)C(C2)C1C1C2CC(C(=O)OCCO)C(C2)C1C. The van der Waals surface area contributed by atoms with E-state index in [9.17, 15) is 19.5 Å². The molecule has 1 heterocycles. The van der Waals surface area contributed by atoms with Crippen molar-refractivity contribution in [2.45, 2.75) is 97.9 Å². The van der Waals surface area contributed by atoms with Crippen LogP contribution in [0.3, 0.4) is 0 Å². The fourth-order valence-electron chi connectivity index (χ4n) is 8.88. The Morgan fingerprint density at radius 1 is 0.821 bits per heavy atom. The molecule has 234 valence electrons. The van der Waals surface area contributed by atoms with Crippen molar-refractivity contribution in [1.82, 2.24) is 0 Å². The molecular formula is C32H64O7. The number of esters is 3. The van der Waals surface area contributed by atoms with Crippen LogP contribution in [0.15, 0.2) is 0 Å². The maximum Gasteiger partial charge on any atom is 0.317 e. The lowest BCUT2D eigenvalue weighted by molar-refractivity contribution is -0.154. The Bertz CT molecular complexity index is 766. The summed E-state index contributed by atoms with van der Waals surface area (Å²) >= 11 is 0. The Hall–Kier alpha value is -1.47. The van der Waals surface area contributed by atoms with E-state index in [2.05, 4.69) is 6.92 Å². The first-order valence-corrected chi connectivity index (χ1v) is 13.0. The van der Waals surface area contributed by atoms with Gasteiger partial charge in [0.15, 0.2) is 0 Å². The van der Waals surface area contributed by atoms with E-state index in [1.165, 1.54) is 0 Å². The first kappa shape index (κ1) is 42.0. The quantitative estimate of drug-likeness (QED) is 0.282. The highest BCUT2D eigenvalue weighted by molar-refractivity contribution is 5.96. The molecule has 0 radical (unpaired) electrons. The van der Waals surface area contributed by atoms with Gasteiger partial charge in [0.25, 0.3) is 0 Å². The van der Waals surface area contributed by atoms with Gasteiger partial charge in [-0.3, -0.25) is 14.4 Å². The van der Waals surface area contributed by atoms with Crippen molar-refractivity contribution in [2.24, 2.45) is 71.0 Å². The Balaban J connectivity index is -0.00000158. The van der Waals surface area contributed by atoms with Crippen LogP contribution in [0, 0.1) is 71.0 Å². The molecule has 39 heavy (non-hydrogen) atoms. The van der Waals surface area contributed by atoms with E-state index in [-0.39, 0.29) is 106 Å². The third-order valence-corrected chi connectivity index (χ3v) is 9.86. The fourth-order valence-corrected chi connectivity index (χ4v) is 8.88. The van der Waals surface area contributed by atoms with E-state index < -0.39 is 11.9 Å². The normalized spacial score (nSPS) is 40.2. The zero-order chi connectivity index (χ0) is 24.0. The molecule has 0 amide bonds. The van der Waals surface area contributed by atoms with Gasteiger partial charge >= 0.3 is 17.9 Å². The predicted octanol–water partition coefficient (Wildman–Crippen LogP) is 6.49. The number of carbonyl (C=O) groups excluding carboxylic acids is 3. The minimum Gasteiger partial charge on any atom is -0.463 e. The number of fused-ring (bicyclic) bond motifs is 4. The molecule has 12 atom stereocenters. The van der Waals surface area contributed by atoms with Gasteiger partial charge in [-0.2, -0.15) is 0 Å². The molecule has 0 spiro atoms. The van der Waals surface area contributed by atoms with E-state index in [1.54, 1.807) is 0 Å². The molecule has 0 aromatic heterocycles. The molecule has 0 aromatic carbocycles. The van der Waals surface area contributed by atoms with E-state index in [0.717, 1.165) is 25.7 Å². The third kappa shape index (κ3) is 6.72. The average Bonchev–Trinajstić information content (AvgIpc) is 3.60. The van der Waals surface area contributed by atoms with Gasteiger partial charge < -0.3 is 19.7 Å². The molecule has 4 saturated carbocycles. The van der Waals surface area contributed by atoms with Crippen LogP contribution >= 0.6 is 0 Å². The maximum absolute atomic E-state index is 12.7.